The number of pyridine rings is 1. The number of nitrogens with two attached hydrogens (primary N) is 1. The van der Waals surface area contributed by atoms with Crippen LogP contribution >= 0.6 is 11.3 Å². The zero-order valence-corrected chi connectivity index (χ0v) is 14.0. The highest BCUT2D eigenvalue weighted by atomic mass is 32.1. The summed E-state index contributed by atoms with van der Waals surface area (Å²) >= 11 is 1.13. The van der Waals surface area contributed by atoms with Gasteiger partial charge in [-0.15, -0.1) is 11.3 Å². The van der Waals surface area contributed by atoms with Gasteiger partial charge < -0.3 is 10.6 Å². The first-order valence-electron chi connectivity index (χ1n) is 7.80. The van der Waals surface area contributed by atoms with Crippen LogP contribution in [0.2, 0.25) is 0 Å². The van der Waals surface area contributed by atoms with E-state index in [9.17, 15) is 13.6 Å². The molecule has 0 radical (unpaired) electrons. The summed E-state index contributed by atoms with van der Waals surface area (Å²) in [5.74, 6) is -0.212. The molecule has 0 unspecified atom stereocenters. The maximum atomic E-state index is 13.7. The van der Waals surface area contributed by atoms with E-state index in [1.165, 1.54) is 0 Å². The lowest BCUT2D eigenvalue weighted by Crippen LogP contribution is -2.30. The van der Waals surface area contributed by atoms with Crippen molar-refractivity contribution in [2.45, 2.75) is 39.5 Å². The van der Waals surface area contributed by atoms with Crippen LogP contribution in [0.25, 0.3) is 10.2 Å². The molecule has 0 spiro atoms. The predicted octanol–water partition coefficient (Wildman–Crippen LogP) is 3.79. The van der Waals surface area contributed by atoms with Crippen molar-refractivity contribution >= 4 is 33.1 Å². The van der Waals surface area contributed by atoms with Crippen LogP contribution in [0, 0.1) is 0 Å². The second-order valence-electron chi connectivity index (χ2n) is 5.61. The number of nitrogens with zero attached hydrogens (tertiary/aromatic N) is 2. The first-order valence-corrected chi connectivity index (χ1v) is 8.62. The quantitative estimate of drug-likeness (QED) is 0.922. The van der Waals surface area contributed by atoms with Gasteiger partial charge in [0.05, 0.1) is 5.69 Å². The molecule has 7 heteroatoms. The summed E-state index contributed by atoms with van der Waals surface area (Å²) in [6, 6.07) is 0. The second-order valence-corrected chi connectivity index (χ2v) is 6.61. The molecule has 2 heterocycles. The molecule has 0 saturated carbocycles. The number of thiophene rings is 1. The number of amides is 1. The lowest BCUT2D eigenvalue weighted by molar-refractivity contribution is 0.0778. The largest absolute Gasteiger partial charge is 0.397 e. The van der Waals surface area contributed by atoms with Crippen molar-refractivity contribution in [3.8, 4) is 0 Å². The van der Waals surface area contributed by atoms with E-state index in [1.54, 1.807) is 4.90 Å². The van der Waals surface area contributed by atoms with E-state index in [-0.39, 0.29) is 22.5 Å². The van der Waals surface area contributed by atoms with Crippen LogP contribution in [-0.2, 0) is 12.8 Å². The third kappa shape index (κ3) is 2.47. The van der Waals surface area contributed by atoms with Gasteiger partial charge in [0.1, 0.15) is 9.71 Å². The number of fused-ring (bicyclic) bond motifs is 2. The summed E-state index contributed by atoms with van der Waals surface area (Å²) in [6.45, 7) is 4.86. The molecular formula is C16H19F2N3OS. The normalized spacial score (nSPS) is 13.8. The Bertz CT molecular complexity index is 769. The number of halogens is 2. The van der Waals surface area contributed by atoms with Crippen LogP contribution < -0.4 is 5.73 Å². The Morgan fingerprint density at radius 2 is 2.04 bits per heavy atom. The van der Waals surface area contributed by atoms with Crippen LogP contribution in [0.5, 0.6) is 0 Å². The lowest BCUT2D eigenvalue weighted by atomic mass is 10.0. The number of aryl methyl sites for hydroxylation is 1. The van der Waals surface area contributed by atoms with Gasteiger partial charge in [-0.05, 0) is 38.7 Å². The molecular weight excluding hydrogens is 320 g/mol. The van der Waals surface area contributed by atoms with Crippen molar-refractivity contribution in [2.24, 2.45) is 0 Å². The first-order chi connectivity index (χ1) is 11.0. The fourth-order valence-electron chi connectivity index (χ4n) is 3.24. The van der Waals surface area contributed by atoms with Gasteiger partial charge >= 0.3 is 0 Å². The van der Waals surface area contributed by atoms with E-state index >= 15 is 0 Å². The minimum Gasteiger partial charge on any atom is -0.397 e. The SMILES string of the molecule is CCN(CC)C(=O)c1sc2nc3c(c(C(F)F)c2c1N)CCC3. The van der Waals surface area contributed by atoms with Crippen molar-refractivity contribution in [3.63, 3.8) is 0 Å². The molecule has 0 aromatic carbocycles. The smallest absolute Gasteiger partial charge is 0.266 e. The van der Waals surface area contributed by atoms with Crippen molar-refractivity contribution in [3.05, 3.63) is 21.7 Å². The first kappa shape index (κ1) is 16.1. The third-order valence-electron chi connectivity index (χ3n) is 4.41. The molecule has 0 atom stereocenters. The van der Waals surface area contributed by atoms with Gasteiger partial charge in [-0.3, -0.25) is 4.79 Å². The van der Waals surface area contributed by atoms with Crippen molar-refractivity contribution < 1.29 is 13.6 Å². The number of rotatable bonds is 4. The molecule has 124 valence electrons. The maximum Gasteiger partial charge on any atom is 0.266 e. The maximum absolute atomic E-state index is 13.7. The lowest BCUT2D eigenvalue weighted by Gasteiger charge is -2.17. The number of nitrogen functional groups attached to an aromatic ring is 1. The van der Waals surface area contributed by atoms with Gasteiger partial charge in [0.2, 0.25) is 0 Å². The molecule has 3 rings (SSSR count). The standard InChI is InChI=1S/C16H19F2N3OS/c1-3-21(4-2)16(22)13-12(19)11-10(14(17)18)8-6-5-7-9(8)20-15(11)23-13/h14H,3-7,19H2,1-2H3. The summed E-state index contributed by atoms with van der Waals surface area (Å²) in [7, 11) is 0. The Morgan fingerprint density at radius 3 is 2.65 bits per heavy atom. The molecule has 23 heavy (non-hydrogen) atoms. The van der Waals surface area contributed by atoms with Crippen LogP contribution in [-0.4, -0.2) is 28.9 Å². The summed E-state index contributed by atoms with van der Waals surface area (Å²) in [6.07, 6.45) is -0.459. The monoisotopic (exact) mass is 339 g/mol. The van der Waals surface area contributed by atoms with Crippen molar-refractivity contribution in [1.29, 1.82) is 0 Å². The molecule has 2 N–H and O–H groups in total. The van der Waals surface area contributed by atoms with Crippen LogP contribution in [0.3, 0.4) is 0 Å². The minimum atomic E-state index is -2.61. The van der Waals surface area contributed by atoms with E-state index in [1.807, 2.05) is 13.8 Å². The van der Waals surface area contributed by atoms with Crippen LogP contribution in [0.1, 0.15) is 53.2 Å². The number of hydrogen-bond acceptors (Lipinski definition) is 4. The van der Waals surface area contributed by atoms with Crippen LogP contribution in [0.15, 0.2) is 0 Å². The third-order valence-corrected chi connectivity index (χ3v) is 5.50. The average molecular weight is 339 g/mol. The zero-order chi connectivity index (χ0) is 16.7. The molecule has 0 saturated heterocycles. The number of alkyl halides is 2. The van der Waals surface area contributed by atoms with Crippen LogP contribution in [0.4, 0.5) is 14.5 Å². The van der Waals surface area contributed by atoms with Crippen molar-refractivity contribution in [1.82, 2.24) is 9.88 Å². The topological polar surface area (TPSA) is 59.2 Å². The number of carbonyl (C=O) groups excluding carboxylic acids is 1. The van der Waals surface area contributed by atoms with E-state index in [0.29, 0.717) is 41.2 Å². The van der Waals surface area contributed by atoms with E-state index in [0.717, 1.165) is 23.5 Å². The molecule has 1 aliphatic rings. The Morgan fingerprint density at radius 1 is 1.35 bits per heavy atom. The minimum absolute atomic E-state index is 0.0187. The second kappa shape index (κ2) is 6.03. The molecule has 2 aromatic heterocycles. The number of hydrogen-bond donors (Lipinski definition) is 1. The van der Waals surface area contributed by atoms with Gasteiger partial charge in [-0.1, -0.05) is 0 Å². The molecule has 2 aromatic rings. The summed E-state index contributed by atoms with van der Waals surface area (Å²) < 4.78 is 27.3. The van der Waals surface area contributed by atoms with E-state index in [2.05, 4.69) is 4.98 Å². The Labute approximate surface area is 137 Å². The van der Waals surface area contributed by atoms with Gasteiger partial charge in [0, 0.05) is 29.7 Å². The zero-order valence-electron chi connectivity index (χ0n) is 13.2. The molecule has 4 nitrogen and oxygen atoms in total. The number of carbonyl (C=O) groups is 1. The van der Waals surface area contributed by atoms with Crippen molar-refractivity contribution in [2.75, 3.05) is 18.8 Å². The molecule has 0 bridgehead atoms. The number of aromatic nitrogens is 1. The molecule has 1 amide bonds. The average Bonchev–Trinajstić information content (AvgIpc) is 3.10. The number of anilines is 1. The van der Waals surface area contributed by atoms with Gasteiger partial charge in [-0.2, -0.15) is 0 Å². The highest BCUT2D eigenvalue weighted by molar-refractivity contribution is 7.21. The van der Waals surface area contributed by atoms with E-state index < -0.39 is 6.43 Å². The van der Waals surface area contributed by atoms with Gasteiger partial charge in [0.25, 0.3) is 12.3 Å². The Kier molecular flexibility index (Phi) is 4.23. The van der Waals surface area contributed by atoms with E-state index in [4.69, 9.17) is 5.73 Å². The molecule has 0 aliphatic heterocycles. The van der Waals surface area contributed by atoms with Gasteiger partial charge in [0.15, 0.2) is 0 Å². The van der Waals surface area contributed by atoms with Gasteiger partial charge in [-0.25, -0.2) is 13.8 Å². The highest BCUT2D eigenvalue weighted by Crippen LogP contribution is 2.43. The molecule has 0 fully saturated rings. The summed E-state index contributed by atoms with van der Waals surface area (Å²) in [5, 5.41) is 0.279. The Hall–Kier alpha value is -1.76. The summed E-state index contributed by atoms with van der Waals surface area (Å²) in [4.78, 5) is 19.5. The fraction of sp³-hybridized carbons (Fsp3) is 0.500. The fourth-order valence-corrected chi connectivity index (χ4v) is 4.34. The summed E-state index contributed by atoms with van der Waals surface area (Å²) in [5.41, 5.74) is 7.60. The highest BCUT2D eigenvalue weighted by Gasteiger charge is 2.30. The predicted molar refractivity (Wildman–Crippen MR) is 88.3 cm³/mol. The Balaban J connectivity index is 2.23. The molecule has 1 aliphatic carbocycles.